The van der Waals surface area contributed by atoms with E-state index in [0.29, 0.717) is 0 Å². The second-order valence-electron chi connectivity index (χ2n) is 3.32. The highest BCUT2D eigenvalue weighted by Gasteiger charge is 2.35. The average Bonchev–Trinajstić information content (AvgIpc) is 1.92. The zero-order valence-electron chi connectivity index (χ0n) is 7.08. The Morgan fingerprint density at radius 1 is 1.25 bits per heavy atom. The molecular weight excluding hydrogens is 164 g/mol. The fraction of sp³-hybridized carbons (Fsp3) is 0.667. The lowest BCUT2D eigenvalue weighted by atomic mass is 10.1. The van der Waals surface area contributed by atoms with Gasteiger partial charge in [0, 0.05) is 0 Å². The normalized spacial score (nSPS) is 20.2. The number of hydrogen-bond acceptors (Lipinski definition) is 6. The molecule has 0 unspecified atom stereocenters. The fourth-order valence-electron chi connectivity index (χ4n) is 0.537. The Balaban J connectivity index is 2.63. The molecule has 1 saturated heterocycles. The Labute approximate surface area is 69.3 Å². The SMILES string of the molecule is CC(C)(C)N1NOC(=O)C(=O)O1. The Hall–Kier alpha value is -1.14. The second-order valence-corrected chi connectivity index (χ2v) is 3.32. The first-order valence-corrected chi connectivity index (χ1v) is 3.40. The first-order valence-electron chi connectivity index (χ1n) is 3.40. The van der Waals surface area contributed by atoms with E-state index in [0.717, 1.165) is 5.17 Å². The molecule has 6 heteroatoms. The first-order chi connectivity index (χ1) is 5.41. The van der Waals surface area contributed by atoms with Gasteiger partial charge in [0.15, 0.2) is 0 Å². The van der Waals surface area contributed by atoms with Crippen LogP contribution in [-0.4, -0.2) is 22.6 Å². The van der Waals surface area contributed by atoms with E-state index in [2.05, 4.69) is 15.3 Å². The lowest BCUT2D eigenvalue weighted by Gasteiger charge is -2.33. The number of nitrogens with one attached hydrogen (secondary N) is 1. The predicted octanol–water partition coefficient (Wildman–Crippen LogP) is -0.479. The molecule has 1 N–H and O–H groups in total. The molecule has 12 heavy (non-hydrogen) atoms. The van der Waals surface area contributed by atoms with Crippen molar-refractivity contribution in [3.05, 3.63) is 0 Å². The summed E-state index contributed by atoms with van der Waals surface area (Å²) in [7, 11) is 0. The third-order valence-corrected chi connectivity index (χ3v) is 1.17. The number of hydrazine groups is 1. The standard InChI is InChI=1S/C6H10N2O4/c1-6(2,3)8-7-11-4(9)5(10)12-8/h7H,1-3H3. The Kier molecular flexibility index (Phi) is 2.03. The molecule has 68 valence electrons. The highest BCUT2D eigenvalue weighted by Crippen LogP contribution is 2.13. The van der Waals surface area contributed by atoms with Gasteiger partial charge in [-0.05, 0) is 31.5 Å². The molecule has 0 aromatic rings. The summed E-state index contributed by atoms with van der Waals surface area (Å²) in [5.74, 6) is -2.07. The Bertz CT molecular complexity index is 220. The van der Waals surface area contributed by atoms with Crippen LogP contribution < -0.4 is 5.59 Å². The molecule has 0 amide bonds. The molecule has 0 spiro atoms. The molecule has 0 atom stereocenters. The van der Waals surface area contributed by atoms with Crippen LogP contribution in [0.3, 0.4) is 0 Å². The molecule has 0 radical (unpaired) electrons. The number of rotatable bonds is 0. The van der Waals surface area contributed by atoms with Crippen molar-refractivity contribution in [2.24, 2.45) is 0 Å². The molecule has 6 nitrogen and oxygen atoms in total. The van der Waals surface area contributed by atoms with Crippen molar-refractivity contribution in [1.82, 2.24) is 10.8 Å². The highest BCUT2D eigenvalue weighted by atomic mass is 16.9. The van der Waals surface area contributed by atoms with E-state index >= 15 is 0 Å². The summed E-state index contributed by atoms with van der Waals surface area (Å²) in [4.78, 5) is 30.0. The van der Waals surface area contributed by atoms with E-state index in [9.17, 15) is 9.59 Å². The van der Waals surface area contributed by atoms with E-state index < -0.39 is 17.5 Å². The third-order valence-electron chi connectivity index (χ3n) is 1.17. The van der Waals surface area contributed by atoms with Gasteiger partial charge in [-0.15, -0.1) is 0 Å². The van der Waals surface area contributed by atoms with Crippen LogP contribution in [0.4, 0.5) is 0 Å². The smallest absolute Gasteiger partial charge is 0.343 e. The first kappa shape index (κ1) is 8.95. The summed E-state index contributed by atoms with van der Waals surface area (Å²) in [5, 5.41) is 1.07. The number of carbonyl (C=O) groups excluding carboxylic acids is 2. The molecule has 1 rings (SSSR count). The van der Waals surface area contributed by atoms with Gasteiger partial charge in [-0.3, -0.25) is 0 Å². The van der Waals surface area contributed by atoms with E-state index in [-0.39, 0.29) is 0 Å². The molecule has 1 aliphatic heterocycles. The fourth-order valence-corrected chi connectivity index (χ4v) is 0.537. The van der Waals surface area contributed by atoms with Crippen molar-refractivity contribution in [1.29, 1.82) is 0 Å². The van der Waals surface area contributed by atoms with Gasteiger partial charge in [0.2, 0.25) is 0 Å². The van der Waals surface area contributed by atoms with Crippen LogP contribution in [0.2, 0.25) is 0 Å². The summed E-state index contributed by atoms with van der Waals surface area (Å²) in [5.41, 5.74) is 1.72. The van der Waals surface area contributed by atoms with Crippen LogP contribution in [0.1, 0.15) is 20.8 Å². The van der Waals surface area contributed by atoms with Gasteiger partial charge in [-0.2, -0.15) is 0 Å². The minimum Gasteiger partial charge on any atom is -0.343 e. The zero-order chi connectivity index (χ0) is 9.35. The number of nitrogens with zero attached hydrogens (tertiary/aromatic N) is 1. The summed E-state index contributed by atoms with van der Waals surface area (Å²) in [6, 6.07) is 0. The van der Waals surface area contributed by atoms with Crippen molar-refractivity contribution in [2.45, 2.75) is 26.3 Å². The van der Waals surface area contributed by atoms with Crippen LogP contribution in [0.15, 0.2) is 0 Å². The number of hydrogen-bond donors (Lipinski definition) is 1. The molecule has 0 bridgehead atoms. The van der Waals surface area contributed by atoms with Crippen LogP contribution in [0, 0.1) is 0 Å². The molecule has 0 aliphatic carbocycles. The van der Waals surface area contributed by atoms with E-state index in [4.69, 9.17) is 0 Å². The lowest BCUT2D eigenvalue weighted by Crippen LogP contribution is -2.57. The van der Waals surface area contributed by atoms with Gasteiger partial charge < -0.3 is 9.68 Å². The van der Waals surface area contributed by atoms with Crippen molar-refractivity contribution in [3.63, 3.8) is 0 Å². The molecule has 0 saturated carbocycles. The van der Waals surface area contributed by atoms with E-state index in [1.807, 2.05) is 0 Å². The second kappa shape index (κ2) is 2.72. The molecule has 0 aromatic carbocycles. The van der Waals surface area contributed by atoms with Crippen molar-refractivity contribution >= 4 is 11.9 Å². The van der Waals surface area contributed by atoms with Crippen LogP contribution >= 0.6 is 0 Å². The quantitative estimate of drug-likeness (QED) is 0.500. The van der Waals surface area contributed by atoms with E-state index in [1.54, 1.807) is 20.8 Å². The van der Waals surface area contributed by atoms with Gasteiger partial charge in [-0.1, -0.05) is 0 Å². The zero-order valence-corrected chi connectivity index (χ0v) is 7.08. The van der Waals surface area contributed by atoms with Crippen molar-refractivity contribution in [3.8, 4) is 0 Å². The van der Waals surface area contributed by atoms with Gasteiger partial charge in [0.1, 0.15) is 0 Å². The van der Waals surface area contributed by atoms with Gasteiger partial charge >= 0.3 is 11.9 Å². The van der Waals surface area contributed by atoms with E-state index in [1.165, 1.54) is 0 Å². The summed E-state index contributed by atoms with van der Waals surface area (Å²) in [6.07, 6.45) is 0. The molecular formula is C6H10N2O4. The minimum atomic E-state index is -1.05. The summed E-state index contributed by atoms with van der Waals surface area (Å²) < 4.78 is 0. The largest absolute Gasteiger partial charge is 0.439 e. The lowest BCUT2D eigenvalue weighted by molar-refractivity contribution is -0.307. The number of hydroxylamine groups is 1. The van der Waals surface area contributed by atoms with Gasteiger partial charge in [0.05, 0.1) is 5.54 Å². The minimum absolute atomic E-state index is 0.462. The van der Waals surface area contributed by atoms with Gasteiger partial charge in [0.25, 0.3) is 0 Å². The van der Waals surface area contributed by atoms with Crippen molar-refractivity contribution in [2.75, 3.05) is 0 Å². The van der Waals surface area contributed by atoms with Gasteiger partial charge in [-0.25, -0.2) is 9.59 Å². The average molecular weight is 174 g/mol. The maximum absolute atomic E-state index is 10.7. The number of carbonyl (C=O) groups is 2. The Morgan fingerprint density at radius 3 is 2.25 bits per heavy atom. The molecule has 0 aromatic heterocycles. The van der Waals surface area contributed by atoms with Crippen LogP contribution in [-0.2, 0) is 19.3 Å². The molecule has 1 heterocycles. The highest BCUT2D eigenvalue weighted by molar-refractivity contribution is 6.29. The topological polar surface area (TPSA) is 67.9 Å². The van der Waals surface area contributed by atoms with Crippen molar-refractivity contribution < 1.29 is 19.3 Å². The monoisotopic (exact) mass is 174 g/mol. The Morgan fingerprint density at radius 2 is 1.83 bits per heavy atom. The maximum Gasteiger partial charge on any atom is 0.439 e. The maximum atomic E-state index is 10.7. The third kappa shape index (κ3) is 1.72. The van der Waals surface area contributed by atoms with Crippen LogP contribution in [0.25, 0.3) is 0 Å². The summed E-state index contributed by atoms with van der Waals surface area (Å²) >= 11 is 0. The molecule has 1 fully saturated rings. The molecule has 1 aliphatic rings. The summed E-state index contributed by atoms with van der Waals surface area (Å²) in [6.45, 7) is 5.35. The van der Waals surface area contributed by atoms with Crippen LogP contribution in [0.5, 0.6) is 0 Å². The predicted molar refractivity (Wildman–Crippen MR) is 36.9 cm³/mol.